The van der Waals surface area contributed by atoms with E-state index in [1.54, 1.807) is 12.4 Å². The van der Waals surface area contributed by atoms with Crippen LogP contribution < -0.4 is 4.74 Å². The molecule has 12 rings (SSSR count). The summed E-state index contributed by atoms with van der Waals surface area (Å²) < 4.78 is 6.74. The lowest BCUT2D eigenvalue weighted by atomic mass is 9.62. The topological polar surface area (TPSA) is 73.7 Å². The zero-order valence-corrected chi connectivity index (χ0v) is 33.4. The van der Waals surface area contributed by atoms with Crippen molar-refractivity contribution >= 4 is 0 Å². The number of rotatable bonds is 5. The van der Waals surface area contributed by atoms with Crippen LogP contribution in [0.2, 0.25) is 0 Å². The lowest BCUT2D eigenvalue weighted by Crippen LogP contribution is -2.34. The lowest BCUT2D eigenvalue weighted by Gasteiger charge is -2.42. The number of aromatic nitrogens is 5. The van der Waals surface area contributed by atoms with Gasteiger partial charge in [0.05, 0.1) is 5.41 Å². The maximum absolute atomic E-state index is 6.74. The fraction of sp³-hybridized carbons (Fsp3) is 0.0179. The minimum absolute atomic E-state index is 0.570. The predicted octanol–water partition coefficient (Wildman–Crippen LogP) is 13.1. The summed E-state index contributed by atoms with van der Waals surface area (Å²) in [5.74, 6) is 3.38. The molecular formula is C56H35N5O. The van der Waals surface area contributed by atoms with Gasteiger partial charge >= 0.3 is 0 Å². The van der Waals surface area contributed by atoms with Crippen molar-refractivity contribution in [1.29, 1.82) is 0 Å². The molecule has 62 heavy (non-hydrogen) atoms. The summed E-state index contributed by atoms with van der Waals surface area (Å²) in [6.45, 7) is 0. The molecular weight excluding hydrogens is 759 g/mol. The van der Waals surface area contributed by atoms with E-state index in [-0.39, 0.29) is 0 Å². The van der Waals surface area contributed by atoms with Crippen molar-refractivity contribution in [1.82, 2.24) is 24.9 Å². The van der Waals surface area contributed by atoms with Crippen LogP contribution in [0.25, 0.3) is 78.7 Å². The van der Waals surface area contributed by atoms with Crippen LogP contribution in [0.5, 0.6) is 11.5 Å². The fourth-order valence-electron chi connectivity index (χ4n) is 9.45. The average Bonchev–Trinajstić information content (AvgIpc) is 3.46. The van der Waals surface area contributed by atoms with E-state index in [0.717, 1.165) is 78.3 Å². The van der Waals surface area contributed by atoms with Crippen molar-refractivity contribution < 1.29 is 4.74 Å². The van der Waals surface area contributed by atoms with Crippen LogP contribution in [0, 0.1) is 0 Å². The molecule has 2 aliphatic rings. The number of para-hydroxylation sites is 2. The second-order valence-corrected chi connectivity index (χ2v) is 15.6. The van der Waals surface area contributed by atoms with Gasteiger partial charge in [-0.15, -0.1) is 0 Å². The number of fused-ring (bicyclic) bond motifs is 11. The van der Waals surface area contributed by atoms with Crippen LogP contribution in [-0.4, -0.2) is 24.9 Å². The molecule has 0 radical (unpaired) electrons. The van der Waals surface area contributed by atoms with Crippen molar-refractivity contribution in [3.63, 3.8) is 0 Å². The van der Waals surface area contributed by atoms with E-state index in [1.807, 2.05) is 36.7 Å². The molecule has 4 heterocycles. The molecule has 10 aromatic rings. The Morgan fingerprint density at radius 1 is 0.306 bits per heavy atom. The molecule has 6 nitrogen and oxygen atoms in total. The molecule has 0 saturated carbocycles. The van der Waals surface area contributed by atoms with Crippen LogP contribution in [0.3, 0.4) is 0 Å². The highest BCUT2D eigenvalue weighted by atomic mass is 16.5. The summed E-state index contributed by atoms with van der Waals surface area (Å²) in [6, 6.07) is 65.9. The average molecular weight is 794 g/mol. The van der Waals surface area contributed by atoms with E-state index in [2.05, 4.69) is 174 Å². The van der Waals surface area contributed by atoms with Gasteiger partial charge in [-0.05, 0) is 87.0 Å². The monoisotopic (exact) mass is 793 g/mol. The number of nitrogens with zero attached hydrogens (tertiary/aromatic N) is 5. The molecule has 0 unspecified atom stereocenters. The van der Waals surface area contributed by atoms with Gasteiger partial charge in [-0.1, -0.05) is 146 Å². The molecule has 0 fully saturated rings. The molecule has 290 valence electrons. The number of ether oxygens (including phenoxy) is 1. The summed E-state index contributed by atoms with van der Waals surface area (Å²) in [5.41, 5.74) is 15.1. The van der Waals surface area contributed by atoms with Gasteiger partial charge in [0.15, 0.2) is 17.5 Å². The molecule has 0 saturated heterocycles. The minimum Gasteiger partial charge on any atom is -0.457 e. The molecule has 0 bridgehead atoms. The molecule has 0 atom stereocenters. The summed E-state index contributed by atoms with van der Waals surface area (Å²) in [4.78, 5) is 24.6. The van der Waals surface area contributed by atoms with E-state index in [9.17, 15) is 0 Å². The van der Waals surface area contributed by atoms with Crippen LogP contribution >= 0.6 is 0 Å². The van der Waals surface area contributed by atoms with Crippen molar-refractivity contribution in [2.45, 2.75) is 5.41 Å². The van der Waals surface area contributed by atoms with Gasteiger partial charge in [0, 0.05) is 63.7 Å². The molecule has 1 aliphatic carbocycles. The molecule has 0 amide bonds. The highest BCUT2D eigenvalue weighted by Gasteiger charge is 2.49. The van der Waals surface area contributed by atoms with Gasteiger partial charge in [0.2, 0.25) is 0 Å². The Hall–Kier alpha value is -8.35. The SMILES string of the molecule is c1cncc(-c2cccc(-c3nc(-c4cccc(-c5cccnc5)c4)nc(-c4ccc5c(c4)C4(c6ccccc6Oc6ccccc64)c4ccccc4-c4ccccc4-5)n3)c2)c1. The van der Waals surface area contributed by atoms with Gasteiger partial charge in [0.25, 0.3) is 0 Å². The molecule has 0 N–H and O–H groups in total. The Bertz CT molecular complexity index is 3200. The highest BCUT2D eigenvalue weighted by molar-refractivity contribution is 5.94. The molecule has 7 aromatic carbocycles. The Labute approximate surface area is 359 Å². The van der Waals surface area contributed by atoms with Crippen molar-refractivity contribution in [2.75, 3.05) is 0 Å². The van der Waals surface area contributed by atoms with E-state index in [1.165, 1.54) is 16.7 Å². The minimum atomic E-state index is -0.763. The van der Waals surface area contributed by atoms with Crippen molar-refractivity contribution in [3.05, 3.63) is 235 Å². The number of hydrogen-bond donors (Lipinski definition) is 0. The van der Waals surface area contributed by atoms with E-state index in [4.69, 9.17) is 19.7 Å². The first-order chi connectivity index (χ1) is 30.7. The summed E-state index contributed by atoms with van der Waals surface area (Å²) in [7, 11) is 0. The summed E-state index contributed by atoms with van der Waals surface area (Å²) >= 11 is 0. The van der Waals surface area contributed by atoms with Crippen LogP contribution in [0.1, 0.15) is 22.3 Å². The maximum atomic E-state index is 6.74. The Morgan fingerprint density at radius 3 is 1.27 bits per heavy atom. The first-order valence-electron chi connectivity index (χ1n) is 20.7. The number of benzene rings is 7. The van der Waals surface area contributed by atoms with Gasteiger partial charge < -0.3 is 4.74 Å². The number of hydrogen-bond acceptors (Lipinski definition) is 6. The third kappa shape index (κ3) is 5.69. The van der Waals surface area contributed by atoms with Gasteiger partial charge in [-0.2, -0.15) is 0 Å². The normalized spacial score (nSPS) is 12.8. The second kappa shape index (κ2) is 14.4. The second-order valence-electron chi connectivity index (χ2n) is 15.6. The standard InChI is InChI=1S/C56H35N5O/c1-2-20-44-43(19-1)45-21-3-4-22-47(45)56(48-23-5-7-25-51(48)62-52-26-8-6-24-49(52)56)50-33-40(27-28-46(44)50)55-60-53(38-15-9-13-36(31-38)41-17-11-29-57-34-41)59-54(61-55)39-16-10-14-37(32-39)42-18-12-30-58-35-42/h1-35H. The molecule has 6 heteroatoms. The largest absolute Gasteiger partial charge is 0.457 e. The Kier molecular flexibility index (Phi) is 8.28. The molecule has 1 aliphatic heterocycles. The summed E-state index contributed by atoms with van der Waals surface area (Å²) in [6.07, 6.45) is 7.33. The predicted molar refractivity (Wildman–Crippen MR) is 245 cm³/mol. The van der Waals surface area contributed by atoms with E-state index in [0.29, 0.717) is 17.5 Å². The third-order valence-electron chi connectivity index (χ3n) is 12.2. The fourth-order valence-corrected chi connectivity index (χ4v) is 9.45. The Balaban J connectivity index is 1.14. The smallest absolute Gasteiger partial charge is 0.164 e. The van der Waals surface area contributed by atoms with Crippen LogP contribution in [0.4, 0.5) is 0 Å². The lowest BCUT2D eigenvalue weighted by molar-refractivity contribution is 0.435. The molecule has 1 spiro atoms. The van der Waals surface area contributed by atoms with Crippen LogP contribution in [-0.2, 0) is 5.41 Å². The quantitative estimate of drug-likeness (QED) is 0.173. The maximum Gasteiger partial charge on any atom is 0.164 e. The first kappa shape index (κ1) is 35.6. The van der Waals surface area contributed by atoms with Gasteiger partial charge in [0.1, 0.15) is 11.5 Å². The number of pyridine rings is 2. The van der Waals surface area contributed by atoms with Crippen molar-refractivity contribution in [2.24, 2.45) is 0 Å². The Morgan fingerprint density at radius 2 is 0.742 bits per heavy atom. The van der Waals surface area contributed by atoms with Gasteiger partial charge in [-0.3, -0.25) is 9.97 Å². The highest BCUT2D eigenvalue weighted by Crippen LogP contribution is 2.61. The first-order valence-corrected chi connectivity index (χ1v) is 20.7. The van der Waals surface area contributed by atoms with Crippen LogP contribution in [0.15, 0.2) is 213 Å². The van der Waals surface area contributed by atoms with E-state index < -0.39 is 5.41 Å². The summed E-state index contributed by atoms with van der Waals surface area (Å²) in [5, 5.41) is 0. The zero-order valence-electron chi connectivity index (χ0n) is 33.4. The van der Waals surface area contributed by atoms with E-state index >= 15 is 0 Å². The van der Waals surface area contributed by atoms with Gasteiger partial charge in [-0.25, -0.2) is 15.0 Å². The third-order valence-corrected chi connectivity index (χ3v) is 12.2. The molecule has 3 aromatic heterocycles. The zero-order chi connectivity index (χ0) is 41.0. The van der Waals surface area contributed by atoms with Crippen molar-refractivity contribution in [3.8, 4) is 90.2 Å².